The molecule has 2 aromatic rings. The Morgan fingerprint density at radius 3 is 2.56 bits per heavy atom. The van der Waals surface area contributed by atoms with Crippen LogP contribution in [0, 0.1) is 0 Å². The van der Waals surface area contributed by atoms with Crippen LogP contribution in [0.2, 0.25) is 10.0 Å². The third-order valence-electron chi connectivity index (χ3n) is 3.01. The molecule has 6 nitrogen and oxygen atoms in total. The van der Waals surface area contributed by atoms with Crippen LogP contribution >= 0.6 is 23.2 Å². The Balaban J connectivity index is 1.84. The Labute approximate surface area is 154 Å². The van der Waals surface area contributed by atoms with Crippen LogP contribution in [-0.2, 0) is 9.53 Å². The maximum atomic E-state index is 11.7. The van der Waals surface area contributed by atoms with E-state index in [2.05, 4.69) is 15.3 Å². The summed E-state index contributed by atoms with van der Waals surface area (Å²) in [7, 11) is 1.31. The van der Waals surface area contributed by atoms with E-state index in [0.29, 0.717) is 21.9 Å². The molecule has 0 unspecified atom stereocenters. The molecule has 130 valence electrons. The van der Waals surface area contributed by atoms with E-state index in [-0.39, 0.29) is 11.6 Å². The Morgan fingerprint density at radius 2 is 1.88 bits per heavy atom. The Kier molecular flexibility index (Phi) is 6.80. The average Bonchev–Trinajstić information content (AvgIpc) is 2.63. The van der Waals surface area contributed by atoms with Gasteiger partial charge in [0, 0.05) is 0 Å². The molecule has 0 aliphatic carbocycles. The van der Waals surface area contributed by atoms with Crippen LogP contribution in [0.3, 0.4) is 0 Å². The van der Waals surface area contributed by atoms with Gasteiger partial charge in [0.05, 0.1) is 23.9 Å². The fourth-order valence-electron chi connectivity index (χ4n) is 1.77. The van der Waals surface area contributed by atoms with Gasteiger partial charge in [-0.1, -0.05) is 41.4 Å². The van der Waals surface area contributed by atoms with Gasteiger partial charge < -0.3 is 9.47 Å². The summed E-state index contributed by atoms with van der Waals surface area (Å²) in [6, 6.07) is 11.4. The molecule has 2 rings (SSSR count). The number of halogens is 2. The maximum absolute atomic E-state index is 11.7. The minimum absolute atomic E-state index is 0.242. The van der Waals surface area contributed by atoms with Gasteiger partial charge in [0.2, 0.25) is 0 Å². The third kappa shape index (κ3) is 5.48. The van der Waals surface area contributed by atoms with E-state index >= 15 is 0 Å². The van der Waals surface area contributed by atoms with Crippen LogP contribution in [0.25, 0.3) is 0 Å². The highest BCUT2D eigenvalue weighted by Gasteiger charge is 2.08. The number of carbonyl (C=O) groups is 2. The van der Waals surface area contributed by atoms with E-state index in [1.54, 1.807) is 42.5 Å². The number of hydrogen-bond donors (Lipinski definition) is 1. The molecule has 1 N–H and O–H groups in total. The highest BCUT2D eigenvalue weighted by Crippen LogP contribution is 2.31. The Bertz CT molecular complexity index is 792. The molecule has 0 radical (unpaired) electrons. The fourth-order valence-corrected chi connectivity index (χ4v) is 2.12. The molecule has 0 aromatic heterocycles. The van der Waals surface area contributed by atoms with Crippen molar-refractivity contribution in [3.8, 4) is 5.75 Å². The highest BCUT2D eigenvalue weighted by atomic mass is 35.5. The summed E-state index contributed by atoms with van der Waals surface area (Å²) < 4.78 is 9.89. The van der Waals surface area contributed by atoms with Crippen molar-refractivity contribution in [2.24, 2.45) is 5.10 Å². The lowest BCUT2D eigenvalue weighted by Gasteiger charge is -2.07. The van der Waals surface area contributed by atoms with E-state index < -0.39 is 11.9 Å². The summed E-state index contributed by atoms with van der Waals surface area (Å²) in [6.07, 6.45) is 1.44. The molecule has 0 heterocycles. The second-order valence-electron chi connectivity index (χ2n) is 4.75. The normalized spacial score (nSPS) is 10.5. The number of methoxy groups -OCH3 is 1. The molecular weight excluding hydrogens is 367 g/mol. The predicted molar refractivity (Wildman–Crippen MR) is 95.5 cm³/mol. The summed E-state index contributed by atoms with van der Waals surface area (Å²) in [6.45, 7) is -0.265. The first-order chi connectivity index (χ1) is 12.0. The van der Waals surface area contributed by atoms with Gasteiger partial charge in [-0.25, -0.2) is 10.2 Å². The number of hydrazone groups is 1. The molecule has 0 bridgehead atoms. The largest absolute Gasteiger partial charge is 0.482 e. The minimum atomic E-state index is -0.460. The van der Waals surface area contributed by atoms with Crippen molar-refractivity contribution in [2.45, 2.75) is 0 Å². The van der Waals surface area contributed by atoms with Crippen molar-refractivity contribution < 1.29 is 19.1 Å². The summed E-state index contributed by atoms with van der Waals surface area (Å²) in [5.41, 5.74) is 3.45. The lowest BCUT2D eigenvalue weighted by molar-refractivity contribution is -0.123. The van der Waals surface area contributed by atoms with Crippen LogP contribution in [0.4, 0.5) is 0 Å². The summed E-state index contributed by atoms with van der Waals surface area (Å²) in [4.78, 5) is 23.0. The first-order valence-corrected chi connectivity index (χ1v) is 7.84. The van der Waals surface area contributed by atoms with Crippen molar-refractivity contribution in [3.05, 3.63) is 63.6 Å². The van der Waals surface area contributed by atoms with Crippen LogP contribution < -0.4 is 10.2 Å². The van der Waals surface area contributed by atoms with Crippen LogP contribution in [0.1, 0.15) is 15.9 Å². The minimum Gasteiger partial charge on any atom is -0.482 e. The first kappa shape index (κ1) is 18.8. The van der Waals surface area contributed by atoms with Crippen molar-refractivity contribution in [3.63, 3.8) is 0 Å². The van der Waals surface area contributed by atoms with Gasteiger partial charge in [-0.05, 0) is 29.8 Å². The maximum Gasteiger partial charge on any atom is 0.337 e. The van der Waals surface area contributed by atoms with Gasteiger partial charge in [-0.2, -0.15) is 5.10 Å². The molecule has 2 aromatic carbocycles. The lowest BCUT2D eigenvalue weighted by Crippen LogP contribution is -2.24. The Hall–Kier alpha value is -2.57. The number of esters is 1. The molecule has 0 aliphatic heterocycles. The molecular formula is C17H14Cl2N2O4. The molecule has 25 heavy (non-hydrogen) atoms. The van der Waals surface area contributed by atoms with Gasteiger partial charge in [0.1, 0.15) is 10.8 Å². The zero-order valence-corrected chi connectivity index (χ0v) is 14.7. The highest BCUT2D eigenvalue weighted by molar-refractivity contribution is 6.42. The number of nitrogens with zero attached hydrogens (tertiary/aromatic N) is 1. The third-order valence-corrected chi connectivity index (χ3v) is 3.81. The standard InChI is InChI=1S/C17H14Cl2N2O4/c1-24-17(23)12-7-5-11(6-8-12)9-20-21-15(22)10-25-14-4-2-3-13(18)16(14)19/h2-9H,10H2,1H3,(H,21,22)/b20-9+. The van der Waals surface area contributed by atoms with Gasteiger partial charge in [-0.15, -0.1) is 0 Å². The number of carbonyl (C=O) groups excluding carboxylic acids is 2. The summed E-state index contributed by atoms with van der Waals surface area (Å²) in [5, 5.41) is 4.39. The van der Waals surface area contributed by atoms with Gasteiger partial charge in [0.15, 0.2) is 6.61 Å². The van der Waals surface area contributed by atoms with Crippen molar-refractivity contribution in [2.75, 3.05) is 13.7 Å². The molecule has 8 heteroatoms. The number of nitrogens with one attached hydrogen (secondary N) is 1. The lowest BCUT2D eigenvalue weighted by atomic mass is 10.1. The molecule has 0 fully saturated rings. The van der Waals surface area contributed by atoms with E-state index in [1.165, 1.54) is 13.3 Å². The molecule has 0 spiro atoms. The molecule has 0 saturated heterocycles. The number of ether oxygens (including phenoxy) is 2. The monoisotopic (exact) mass is 380 g/mol. The molecule has 1 amide bonds. The van der Waals surface area contributed by atoms with Crippen LogP contribution in [-0.4, -0.2) is 31.8 Å². The molecule has 0 saturated carbocycles. The number of hydrogen-bond acceptors (Lipinski definition) is 5. The SMILES string of the molecule is COC(=O)c1ccc(/C=N/NC(=O)COc2cccc(Cl)c2Cl)cc1. The molecule has 0 atom stereocenters. The number of benzene rings is 2. The number of rotatable bonds is 6. The second-order valence-corrected chi connectivity index (χ2v) is 5.53. The van der Waals surface area contributed by atoms with E-state index in [4.69, 9.17) is 27.9 Å². The van der Waals surface area contributed by atoms with E-state index in [9.17, 15) is 9.59 Å². The smallest absolute Gasteiger partial charge is 0.337 e. The van der Waals surface area contributed by atoms with Crippen molar-refractivity contribution in [1.82, 2.24) is 5.43 Å². The summed E-state index contributed by atoms with van der Waals surface area (Å²) >= 11 is 11.8. The van der Waals surface area contributed by atoms with Gasteiger partial charge in [0.25, 0.3) is 5.91 Å². The second kappa shape index (κ2) is 9.05. The predicted octanol–water partition coefficient (Wildman–Crippen LogP) is 3.31. The zero-order chi connectivity index (χ0) is 18.2. The topological polar surface area (TPSA) is 77.0 Å². The Morgan fingerprint density at radius 1 is 1.16 bits per heavy atom. The van der Waals surface area contributed by atoms with E-state index in [1.807, 2.05) is 0 Å². The quantitative estimate of drug-likeness (QED) is 0.473. The van der Waals surface area contributed by atoms with Crippen molar-refractivity contribution >= 4 is 41.3 Å². The van der Waals surface area contributed by atoms with Gasteiger partial charge >= 0.3 is 5.97 Å². The summed E-state index contributed by atoms with van der Waals surface area (Å²) in [5.74, 6) is -0.571. The van der Waals surface area contributed by atoms with Crippen LogP contribution in [0.5, 0.6) is 5.75 Å². The first-order valence-electron chi connectivity index (χ1n) is 7.08. The van der Waals surface area contributed by atoms with E-state index in [0.717, 1.165) is 0 Å². The van der Waals surface area contributed by atoms with Crippen molar-refractivity contribution in [1.29, 1.82) is 0 Å². The van der Waals surface area contributed by atoms with Crippen LogP contribution in [0.15, 0.2) is 47.6 Å². The number of amides is 1. The average molecular weight is 381 g/mol. The zero-order valence-electron chi connectivity index (χ0n) is 13.2. The van der Waals surface area contributed by atoms with Gasteiger partial charge in [-0.3, -0.25) is 4.79 Å². The fraction of sp³-hybridized carbons (Fsp3) is 0.118. The molecule has 0 aliphatic rings.